The fourth-order valence-electron chi connectivity index (χ4n) is 2.17. The molecule has 2 rings (SSSR count). The summed E-state index contributed by atoms with van der Waals surface area (Å²) in [6, 6.07) is 8.42. The van der Waals surface area contributed by atoms with Crippen molar-refractivity contribution in [3.63, 3.8) is 0 Å². The van der Waals surface area contributed by atoms with Gasteiger partial charge in [0.05, 0.1) is 12.8 Å². The van der Waals surface area contributed by atoms with E-state index in [1.165, 1.54) is 17.0 Å². The third kappa shape index (κ3) is 3.40. The van der Waals surface area contributed by atoms with Crippen molar-refractivity contribution < 1.29 is 9.84 Å². The standard InChI is InChI=1S/C17H17N3O3/c1-4-23-16-8-13(5-6-15(16)21)10-19-20-12(3)7-11(2)14(9-18)17(20)22/h5-8,10,21H,4H2,1-3H3/b19-10-. The van der Waals surface area contributed by atoms with E-state index in [1.54, 1.807) is 32.0 Å². The molecule has 6 heteroatoms. The van der Waals surface area contributed by atoms with Crippen LogP contribution >= 0.6 is 0 Å². The molecule has 0 spiro atoms. The van der Waals surface area contributed by atoms with Gasteiger partial charge in [-0.05, 0) is 56.2 Å². The van der Waals surface area contributed by atoms with Gasteiger partial charge in [-0.15, -0.1) is 0 Å². The van der Waals surface area contributed by atoms with Crippen LogP contribution in [0, 0.1) is 25.2 Å². The van der Waals surface area contributed by atoms with Crippen molar-refractivity contribution in [1.82, 2.24) is 4.68 Å². The van der Waals surface area contributed by atoms with Crippen molar-refractivity contribution in [2.75, 3.05) is 6.61 Å². The molecule has 0 amide bonds. The van der Waals surface area contributed by atoms with Gasteiger partial charge in [-0.25, -0.2) is 4.68 Å². The molecule has 0 saturated carbocycles. The molecule has 23 heavy (non-hydrogen) atoms. The lowest BCUT2D eigenvalue weighted by Crippen LogP contribution is -2.22. The average Bonchev–Trinajstić information content (AvgIpc) is 2.50. The Morgan fingerprint density at radius 1 is 1.39 bits per heavy atom. The molecule has 0 bridgehead atoms. The minimum Gasteiger partial charge on any atom is -0.504 e. The monoisotopic (exact) mass is 311 g/mol. The third-order valence-corrected chi connectivity index (χ3v) is 3.28. The zero-order valence-corrected chi connectivity index (χ0v) is 13.2. The highest BCUT2D eigenvalue weighted by atomic mass is 16.5. The fraction of sp³-hybridized carbons (Fsp3) is 0.235. The summed E-state index contributed by atoms with van der Waals surface area (Å²) >= 11 is 0. The van der Waals surface area contributed by atoms with Gasteiger partial charge in [0.2, 0.25) is 0 Å². The van der Waals surface area contributed by atoms with E-state index < -0.39 is 5.56 Å². The number of aromatic hydroxyl groups is 1. The molecule has 1 aromatic carbocycles. The number of ether oxygens (including phenoxy) is 1. The lowest BCUT2D eigenvalue weighted by atomic mass is 10.1. The van der Waals surface area contributed by atoms with Crippen LogP contribution < -0.4 is 10.3 Å². The maximum atomic E-state index is 12.2. The van der Waals surface area contributed by atoms with E-state index in [9.17, 15) is 9.90 Å². The van der Waals surface area contributed by atoms with Crippen molar-refractivity contribution >= 4 is 6.21 Å². The van der Waals surface area contributed by atoms with Gasteiger partial charge in [0, 0.05) is 5.69 Å². The highest BCUT2D eigenvalue weighted by Crippen LogP contribution is 2.26. The second-order valence-corrected chi connectivity index (χ2v) is 4.98. The molecule has 0 aliphatic carbocycles. The van der Waals surface area contributed by atoms with Gasteiger partial charge < -0.3 is 9.84 Å². The highest BCUT2D eigenvalue weighted by Gasteiger charge is 2.09. The molecule has 0 unspecified atom stereocenters. The molecule has 6 nitrogen and oxygen atoms in total. The van der Waals surface area contributed by atoms with E-state index in [0.29, 0.717) is 29.2 Å². The predicted octanol–water partition coefficient (Wildman–Crippen LogP) is 2.32. The Labute approximate surface area is 133 Å². The van der Waals surface area contributed by atoms with Crippen LogP contribution in [0.15, 0.2) is 34.2 Å². The number of aryl methyl sites for hydroxylation is 2. The van der Waals surface area contributed by atoms with Crippen molar-refractivity contribution in [3.05, 3.63) is 57.0 Å². The van der Waals surface area contributed by atoms with Gasteiger partial charge in [0.15, 0.2) is 11.5 Å². The first-order chi connectivity index (χ1) is 11.0. The smallest absolute Gasteiger partial charge is 0.289 e. The number of nitrogens with zero attached hydrogens (tertiary/aromatic N) is 3. The van der Waals surface area contributed by atoms with Crippen LogP contribution in [-0.4, -0.2) is 22.6 Å². The molecular weight excluding hydrogens is 294 g/mol. The molecule has 0 aliphatic rings. The largest absolute Gasteiger partial charge is 0.504 e. The zero-order chi connectivity index (χ0) is 17.0. The lowest BCUT2D eigenvalue weighted by Gasteiger charge is -2.07. The number of phenolic OH excluding ortho intramolecular Hbond substituents is 1. The Morgan fingerprint density at radius 3 is 2.78 bits per heavy atom. The number of nitriles is 1. The first-order valence-electron chi connectivity index (χ1n) is 7.11. The summed E-state index contributed by atoms with van der Waals surface area (Å²) in [5.41, 5.74) is 1.55. The Morgan fingerprint density at radius 2 is 2.13 bits per heavy atom. The quantitative estimate of drug-likeness (QED) is 0.878. The Hall–Kier alpha value is -3.07. The number of benzene rings is 1. The van der Waals surface area contributed by atoms with Gasteiger partial charge >= 0.3 is 0 Å². The predicted molar refractivity (Wildman–Crippen MR) is 87.2 cm³/mol. The van der Waals surface area contributed by atoms with Crippen LogP contribution in [0.25, 0.3) is 0 Å². The molecule has 0 aliphatic heterocycles. The Balaban J connectivity index is 2.44. The maximum absolute atomic E-state index is 12.2. The number of phenols is 1. The van der Waals surface area contributed by atoms with Gasteiger partial charge in [-0.1, -0.05) is 0 Å². The van der Waals surface area contributed by atoms with E-state index in [-0.39, 0.29) is 11.3 Å². The molecule has 1 heterocycles. The molecule has 1 N–H and O–H groups in total. The second-order valence-electron chi connectivity index (χ2n) is 4.98. The highest BCUT2D eigenvalue weighted by molar-refractivity contribution is 5.80. The summed E-state index contributed by atoms with van der Waals surface area (Å²) in [6.45, 7) is 5.71. The number of pyridine rings is 1. The average molecular weight is 311 g/mol. The van der Waals surface area contributed by atoms with Crippen LogP contribution in [-0.2, 0) is 0 Å². The Bertz CT molecular complexity index is 861. The van der Waals surface area contributed by atoms with Gasteiger partial charge in [0.25, 0.3) is 5.56 Å². The Kier molecular flexibility index (Phi) is 4.82. The van der Waals surface area contributed by atoms with Crippen molar-refractivity contribution in [1.29, 1.82) is 5.26 Å². The van der Waals surface area contributed by atoms with Crippen molar-refractivity contribution in [2.24, 2.45) is 5.10 Å². The van der Waals surface area contributed by atoms with Crippen LogP contribution in [0.1, 0.15) is 29.3 Å². The summed E-state index contributed by atoms with van der Waals surface area (Å²) in [4.78, 5) is 12.2. The molecule has 0 fully saturated rings. The van der Waals surface area contributed by atoms with E-state index in [2.05, 4.69) is 5.10 Å². The molecule has 118 valence electrons. The lowest BCUT2D eigenvalue weighted by molar-refractivity contribution is 0.318. The number of aromatic nitrogens is 1. The van der Waals surface area contributed by atoms with Crippen molar-refractivity contribution in [2.45, 2.75) is 20.8 Å². The van der Waals surface area contributed by atoms with E-state index >= 15 is 0 Å². The van der Waals surface area contributed by atoms with Crippen LogP contribution in [0.2, 0.25) is 0 Å². The molecule has 0 atom stereocenters. The van der Waals surface area contributed by atoms with E-state index in [4.69, 9.17) is 10.00 Å². The molecule has 0 radical (unpaired) electrons. The van der Waals surface area contributed by atoms with Gasteiger partial charge in [0.1, 0.15) is 11.6 Å². The van der Waals surface area contributed by atoms with Crippen LogP contribution in [0.4, 0.5) is 0 Å². The molecular formula is C17H17N3O3. The van der Waals surface area contributed by atoms with Gasteiger partial charge in [-0.2, -0.15) is 10.4 Å². The summed E-state index contributed by atoms with van der Waals surface area (Å²) in [7, 11) is 0. The van der Waals surface area contributed by atoms with E-state index in [1.807, 2.05) is 13.0 Å². The second kappa shape index (κ2) is 6.79. The third-order valence-electron chi connectivity index (χ3n) is 3.28. The van der Waals surface area contributed by atoms with Crippen LogP contribution in [0.3, 0.4) is 0 Å². The van der Waals surface area contributed by atoms with E-state index in [0.717, 1.165) is 0 Å². The number of hydrogen-bond acceptors (Lipinski definition) is 5. The minimum absolute atomic E-state index is 0.0412. The van der Waals surface area contributed by atoms with Gasteiger partial charge in [-0.3, -0.25) is 4.79 Å². The minimum atomic E-state index is -0.454. The van der Waals surface area contributed by atoms with Crippen molar-refractivity contribution in [3.8, 4) is 17.6 Å². The molecule has 1 aromatic heterocycles. The summed E-state index contributed by atoms with van der Waals surface area (Å²) < 4.78 is 6.49. The first-order valence-corrected chi connectivity index (χ1v) is 7.11. The summed E-state index contributed by atoms with van der Waals surface area (Å²) in [5, 5.41) is 22.9. The maximum Gasteiger partial charge on any atom is 0.289 e. The number of rotatable bonds is 4. The SMILES string of the molecule is CCOc1cc(/C=N\n2c(C)cc(C)c(C#N)c2=O)ccc1O. The topological polar surface area (TPSA) is 87.6 Å². The number of hydrogen-bond donors (Lipinski definition) is 1. The molecule has 0 saturated heterocycles. The first kappa shape index (κ1) is 16.3. The molecule has 2 aromatic rings. The fourth-order valence-corrected chi connectivity index (χ4v) is 2.17. The zero-order valence-electron chi connectivity index (χ0n) is 13.2. The summed E-state index contributed by atoms with van der Waals surface area (Å²) in [6.07, 6.45) is 1.48. The van der Waals surface area contributed by atoms with Crippen LogP contribution in [0.5, 0.6) is 11.5 Å². The summed E-state index contributed by atoms with van der Waals surface area (Å²) in [5.74, 6) is 0.390. The normalized spacial score (nSPS) is 10.7.